The van der Waals surface area contributed by atoms with E-state index in [2.05, 4.69) is 20.2 Å². The van der Waals surface area contributed by atoms with E-state index in [-0.39, 0.29) is 0 Å². The molecule has 2 unspecified atom stereocenters. The summed E-state index contributed by atoms with van der Waals surface area (Å²) < 4.78 is 13.4. The average Bonchev–Trinajstić information content (AvgIpc) is 3.41. The van der Waals surface area contributed by atoms with E-state index in [1.807, 2.05) is 37.0 Å². The molecule has 0 radical (unpaired) electrons. The summed E-state index contributed by atoms with van der Waals surface area (Å²) in [6, 6.07) is 3.91. The van der Waals surface area contributed by atoms with Gasteiger partial charge in [0.25, 0.3) is 0 Å². The number of fused-ring (bicyclic) bond motifs is 1. The number of nitrogens with zero attached hydrogens (tertiary/aromatic N) is 5. The van der Waals surface area contributed by atoms with Crippen molar-refractivity contribution >= 4 is 0 Å². The first-order valence-electron chi connectivity index (χ1n) is 11.4. The summed E-state index contributed by atoms with van der Waals surface area (Å²) in [6.07, 6.45) is 6.90. The number of rotatable bonds is 6. The van der Waals surface area contributed by atoms with Crippen molar-refractivity contribution in [1.29, 1.82) is 0 Å². The summed E-state index contributed by atoms with van der Waals surface area (Å²) in [5.41, 5.74) is 2.94. The summed E-state index contributed by atoms with van der Waals surface area (Å²) in [6.45, 7) is 8.53. The van der Waals surface area contributed by atoms with E-state index in [0.717, 1.165) is 54.5 Å². The SMILES string of the molecule is Cc1cnn(C)c1-c1ccc(OCC2CC3CN(CC4CCOCC4)CC3C2)nn1. The number of hydrogen-bond acceptors (Lipinski definition) is 6. The number of aromatic nitrogens is 4. The number of hydrogen-bond donors (Lipinski definition) is 0. The lowest BCUT2D eigenvalue weighted by Crippen LogP contribution is -2.32. The Hall–Kier alpha value is -1.99. The lowest BCUT2D eigenvalue weighted by Gasteiger charge is -2.27. The van der Waals surface area contributed by atoms with E-state index in [1.54, 1.807) is 0 Å². The van der Waals surface area contributed by atoms with Gasteiger partial charge in [-0.2, -0.15) is 5.10 Å². The Morgan fingerprint density at radius 3 is 2.47 bits per heavy atom. The van der Waals surface area contributed by atoms with Crippen LogP contribution < -0.4 is 4.74 Å². The Kier molecular flexibility index (Phi) is 5.74. The summed E-state index contributed by atoms with van der Waals surface area (Å²) >= 11 is 0. The first-order valence-corrected chi connectivity index (χ1v) is 11.4. The standard InChI is InChI=1S/C23H33N5O2/c1-16-11-24-27(2)23(16)21-3-4-22(26-25-21)30-15-18-9-19-13-28(14-20(19)10-18)12-17-5-7-29-8-6-17/h3-4,11,17-20H,5-10,12-15H2,1-2H3. The van der Waals surface area contributed by atoms with Crippen LogP contribution in [0, 0.1) is 30.6 Å². The third-order valence-electron chi connectivity index (χ3n) is 7.25. The van der Waals surface area contributed by atoms with Gasteiger partial charge in [-0.05, 0) is 67.9 Å². The van der Waals surface area contributed by atoms with Crippen molar-refractivity contribution in [3.05, 3.63) is 23.9 Å². The van der Waals surface area contributed by atoms with Gasteiger partial charge in [0, 0.05) is 46.0 Å². The molecule has 162 valence electrons. The molecule has 30 heavy (non-hydrogen) atoms. The minimum atomic E-state index is 0.622. The molecule has 5 rings (SSSR count). The van der Waals surface area contributed by atoms with Crippen LogP contribution in [0.15, 0.2) is 18.3 Å². The minimum Gasteiger partial charge on any atom is -0.476 e. The van der Waals surface area contributed by atoms with Crippen LogP contribution >= 0.6 is 0 Å². The van der Waals surface area contributed by atoms with Crippen LogP contribution in [-0.4, -0.2) is 64.3 Å². The molecule has 0 bridgehead atoms. The first kappa shape index (κ1) is 19.9. The zero-order valence-electron chi connectivity index (χ0n) is 18.2. The molecule has 7 heteroatoms. The monoisotopic (exact) mass is 411 g/mol. The second-order valence-corrected chi connectivity index (χ2v) is 9.50. The molecule has 2 atom stereocenters. The van der Waals surface area contributed by atoms with Crippen molar-refractivity contribution in [2.24, 2.45) is 30.7 Å². The highest BCUT2D eigenvalue weighted by atomic mass is 16.5. The maximum absolute atomic E-state index is 6.01. The van der Waals surface area contributed by atoms with Crippen molar-refractivity contribution in [2.45, 2.75) is 32.6 Å². The van der Waals surface area contributed by atoms with E-state index in [0.29, 0.717) is 11.8 Å². The lowest BCUT2D eigenvalue weighted by molar-refractivity contribution is 0.0542. The Morgan fingerprint density at radius 1 is 1.07 bits per heavy atom. The molecule has 0 amide bonds. The lowest BCUT2D eigenvalue weighted by atomic mass is 9.99. The molecular weight excluding hydrogens is 378 g/mol. The predicted octanol–water partition coefficient (Wildman–Crippen LogP) is 2.95. The van der Waals surface area contributed by atoms with E-state index in [4.69, 9.17) is 9.47 Å². The van der Waals surface area contributed by atoms with Crippen LogP contribution in [0.3, 0.4) is 0 Å². The fraction of sp³-hybridized carbons (Fsp3) is 0.696. The fourth-order valence-corrected chi connectivity index (χ4v) is 5.74. The van der Waals surface area contributed by atoms with Crippen molar-refractivity contribution in [3.8, 4) is 17.3 Å². The quantitative estimate of drug-likeness (QED) is 0.728. The molecule has 7 nitrogen and oxygen atoms in total. The maximum Gasteiger partial charge on any atom is 0.233 e. The van der Waals surface area contributed by atoms with Gasteiger partial charge in [-0.1, -0.05) is 0 Å². The zero-order valence-corrected chi connectivity index (χ0v) is 18.2. The Bertz CT molecular complexity index is 812. The Labute approximate surface area is 178 Å². The van der Waals surface area contributed by atoms with Gasteiger partial charge in [-0.25, -0.2) is 0 Å². The van der Waals surface area contributed by atoms with Gasteiger partial charge in [0.05, 0.1) is 18.5 Å². The molecule has 0 N–H and O–H groups in total. The molecule has 4 heterocycles. The van der Waals surface area contributed by atoms with Gasteiger partial charge in [-0.3, -0.25) is 4.68 Å². The molecular formula is C23H33N5O2. The van der Waals surface area contributed by atoms with Crippen LogP contribution in [0.2, 0.25) is 0 Å². The average molecular weight is 412 g/mol. The Balaban J connectivity index is 1.09. The molecule has 2 saturated heterocycles. The van der Waals surface area contributed by atoms with Crippen molar-refractivity contribution in [2.75, 3.05) is 39.5 Å². The molecule has 2 aliphatic heterocycles. The van der Waals surface area contributed by atoms with Gasteiger partial charge in [0.15, 0.2) is 0 Å². The van der Waals surface area contributed by atoms with Crippen molar-refractivity contribution in [3.63, 3.8) is 0 Å². The van der Waals surface area contributed by atoms with E-state index in [1.165, 1.54) is 45.3 Å². The van der Waals surface area contributed by atoms with Crippen LogP contribution in [0.1, 0.15) is 31.2 Å². The van der Waals surface area contributed by atoms with Crippen LogP contribution in [0.4, 0.5) is 0 Å². The van der Waals surface area contributed by atoms with E-state index < -0.39 is 0 Å². The molecule has 2 aromatic heterocycles. The topological polar surface area (TPSA) is 65.3 Å². The van der Waals surface area contributed by atoms with Crippen molar-refractivity contribution < 1.29 is 9.47 Å². The summed E-state index contributed by atoms with van der Waals surface area (Å²) in [4.78, 5) is 2.72. The second kappa shape index (κ2) is 8.63. The van der Waals surface area contributed by atoms with Crippen LogP contribution in [0.5, 0.6) is 5.88 Å². The summed E-state index contributed by atoms with van der Waals surface area (Å²) in [7, 11) is 1.93. The summed E-state index contributed by atoms with van der Waals surface area (Å²) in [5.74, 6) is 3.80. The fourth-order valence-electron chi connectivity index (χ4n) is 5.74. The van der Waals surface area contributed by atoms with Gasteiger partial charge >= 0.3 is 0 Å². The smallest absolute Gasteiger partial charge is 0.233 e. The normalized spacial score (nSPS) is 27.5. The van der Waals surface area contributed by atoms with Crippen LogP contribution in [-0.2, 0) is 11.8 Å². The first-order chi connectivity index (χ1) is 14.7. The van der Waals surface area contributed by atoms with Gasteiger partial charge in [0.2, 0.25) is 5.88 Å². The van der Waals surface area contributed by atoms with Gasteiger partial charge in [0.1, 0.15) is 5.69 Å². The zero-order chi connectivity index (χ0) is 20.5. The Morgan fingerprint density at radius 2 is 1.83 bits per heavy atom. The van der Waals surface area contributed by atoms with E-state index >= 15 is 0 Å². The third kappa shape index (κ3) is 4.23. The number of ether oxygens (including phenoxy) is 2. The molecule has 0 spiro atoms. The number of likely N-dealkylation sites (tertiary alicyclic amines) is 1. The molecule has 1 saturated carbocycles. The predicted molar refractivity (Wildman–Crippen MR) is 114 cm³/mol. The highest BCUT2D eigenvalue weighted by molar-refractivity contribution is 5.58. The highest BCUT2D eigenvalue weighted by Gasteiger charge is 2.41. The molecule has 0 aromatic carbocycles. The van der Waals surface area contributed by atoms with Crippen molar-refractivity contribution in [1.82, 2.24) is 24.9 Å². The molecule has 3 fully saturated rings. The minimum absolute atomic E-state index is 0.622. The molecule has 3 aliphatic rings. The highest BCUT2D eigenvalue weighted by Crippen LogP contribution is 2.42. The number of aryl methyl sites for hydroxylation is 2. The van der Waals surface area contributed by atoms with E-state index in [9.17, 15) is 0 Å². The van der Waals surface area contributed by atoms with Gasteiger partial charge in [-0.15, -0.1) is 10.2 Å². The maximum atomic E-state index is 6.01. The van der Waals surface area contributed by atoms with Gasteiger partial charge < -0.3 is 14.4 Å². The third-order valence-corrected chi connectivity index (χ3v) is 7.25. The van der Waals surface area contributed by atoms with Crippen LogP contribution in [0.25, 0.3) is 11.4 Å². The second-order valence-electron chi connectivity index (χ2n) is 9.50. The largest absolute Gasteiger partial charge is 0.476 e. The molecule has 1 aliphatic carbocycles. The molecule has 2 aromatic rings. The summed E-state index contributed by atoms with van der Waals surface area (Å²) in [5, 5.41) is 12.9.